The fourth-order valence-electron chi connectivity index (χ4n) is 2.52. The molecule has 0 saturated carbocycles. The van der Waals surface area contributed by atoms with Crippen LogP contribution >= 0.6 is 0 Å². The molecular weight excluding hydrogens is 418 g/mol. The van der Waals surface area contributed by atoms with Crippen LogP contribution in [0.25, 0.3) is 0 Å². The number of hydrogen-bond acceptors (Lipinski definition) is 8. The molecule has 30 heavy (non-hydrogen) atoms. The molecule has 2 N–H and O–H groups in total. The minimum absolute atomic E-state index is 0.0604. The van der Waals surface area contributed by atoms with Crippen LogP contribution in [-0.4, -0.2) is 61.1 Å². The van der Waals surface area contributed by atoms with Crippen LogP contribution < -0.4 is 23.7 Å². The number of carboxylic acid groups (broad SMARTS) is 1. The molecule has 0 aromatic heterocycles. The van der Waals surface area contributed by atoms with Gasteiger partial charge in [0.15, 0.2) is 11.5 Å². The molecule has 0 heterocycles. The highest BCUT2D eigenvalue weighted by Crippen LogP contribution is 2.36. The van der Waals surface area contributed by atoms with Gasteiger partial charge in [-0.3, -0.25) is 4.72 Å². The molecule has 0 unspecified atom stereocenters. The first-order chi connectivity index (χ1) is 14.3. The predicted octanol–water partition coefficient (Wildman–Crippen LogP) is 2.24. The summed E-state index contributed by atoms with van der Waals surface area (Å²) in [7, 11) is 1.30. The van der Waals surface area contributed by atoms with Gasteiger partial charge in [-0.15, -0.1) is 0 Å². The number of methoxy groups -OCH3 is 4. The maximum Gasteiger partial charge on any atom is 0.337 e. The fraction of sp³-hybridized carbons (Fsp3) is 0.316. The normalized spacial score (nSPS) is 10.9. The molecule has 0 amide bonds. The van der Waals surface area contributed by atoms with Crippen molar-refractivity contribution in [2.75, 3.05) is 46.4 Å². The van der Waals surface area contributed by atoms with Gasteiger partial charge in [-0.25, -0.2) is 13.2 Å². The molecule has 2 aromatic rings. The number of anilines is 1. The molecule has 0 aliphatic rings. The van der Waals surface area contributed by atoms with Crippen LogP contribution in [0.1, 0.15) is 10.4 Å². The summed E-state index contributed by atoms with van der Waals surface area (Å²) in [5, 5.41) is 9.55. The van der Waals surface area contributed by atoms with Crippen molar-refractivity contribution in [2.24, 2.45) is 0 Å². The van der Waals surface area contributed by atoms with E-state index in [1.807, 2.05) is 0 Å². The number of ether oxygens (including phenoxy) is 5. The fourth-order valence-corrected chi connectivity index (χ4v) is 3.78. The second kappa shape index (κ2) is 10.0. The highest BCUT2D eigenvalue weighted by atomic mass is 32.2. The van der Waals surface area contributed by atoms with Crippen molar-refractivity contribution in [3.63, 3.8) is 0 Å². The zero-order valence-corrected chi connectivity index (χ0v) is 17.7. The number of aromatic carboxylic acids is 1. The van der Waals surface area contributed by atoms with Gasteiger partial charge in [0.05, 0.1) is 39.2 Å². The Morgan fingerprint density at radius 2 is 1.63 bits per heavy atom. The first-order valence-electron chi connectivity index (χ1n) is 8.59. The number of carbonyl (C=O) groups is 1. The highest BCUT2D eigenvalue weighted by Gasteiger charge is 2.25. The van der Waals surface area contributed by atoms with Crippen LogP contribution in [0.4, 0.5) is 5.69 Å². The molecule has 2 rings (SSSR count). The molecular formula is C19H23NO9S. The Labute approximate surface area is 174 Å². The van der Waals surface area contributed by atoms with Crippen LogP contribution in [0, 0.1) is 0 Å². The topological polar surface area (TPSA) is 130 Å². The van der Waals surface area contributed by atoms with Gasteiger partial charge in [0.1, 0.15) is 23.0 Å². The van der Waals surface area contributed by atoms with Crippen molar-refractivity contribution >= 4 is 21.7 Å². The Balaban J connectivity index is 2.54. The number of rotatable bonds is 11. The number of nitrogens with one attached hydrogen (secondary N) is 1. The smallest absolute Gasteiger partial charge is 0.337 e. The third-order valence-corrected chi connectivity index (χ3v) is 5.37. The monoisotopic (exact) mass is 441 g/mol. The molecule has 0 spiro atoms. The number of sulfonamides is 1. The van der Waals surface area contributed by atoms with Crippen LogP contribution in [0.2, 0.25) is 0 Å². The van der Waals surface area contributed by atoms with Crippen LogP contribution in [0.15, 0.2) is 35.2 Å². The molecule has 10 nitrogen and oxygen atoms in total. The molecule has 0 bridgehead atoms. The minimum Gasteiger partial charge on any atom is -0.497 e. The van der Waals surface area contributed by atoms with Crippen molar-refractivity contribution in [2.45, 2.75) is 4.90 Å². The molecule has 0 atom stereocenters. The van der Waals surface area contributed by atoms with Crippen LogP contribution in [0.5, 0.6) is 23.0 Å². The number of carboxylic acids is 1. The van der Waals surface area contributed by atoms with Crippen molar-refractivity contribution in [1.82, 2.24) is 0 Å². The van der Waals surface area contributed by atoms with Gasteiger partial charge in [0.2, 0.25) is 0 Å². The van der Waals surface area contributed by atoms with Crippen molar-refractivity contribution < 1.29 is 42.0 Å². The van der Waals surface area contributed by atoms with E-state index in [1.165, 1.54) is 58.8 Å². The average molecular weight is 441 g/mol. The lowest BCUT2D eigenvalue weighted by Crippen LogP contribution is -2.17. The Kier molecular flexibility index (Phi) is 7.72. The molecule has 0 saturated heterocycles. The van der Waals surface area contributed by atoms with E-state index < -0.39 is 16.0 Å². The zero-order valence-electron chi connectivity index (χ0n) is 16.9. The molecule has 2 aromatic carbocycles. The Bertz CT molecular complexity index is 1010. The van der Waals surface area contributed by atoms with Gasteiger partial charge in [-0.2, -0.15) is 0 Å². The standard InChI is InChI=1S/C19H23NO9S/c1-25-7-8-29-17-11-14(13(19(21)22)10-16(17)28-4)20-30(23,24)18-9-12(26-2)5-6-15(18)27-3/h5-6,9-11,20H,7-8H2,1-4H3,(H,21,22). The molecule has 0 aliphatic heterocycles. The van der Waals surface area contributed by atoms with E-state index >= 15 is 0 Å². The summed E-state index contributed by atoms with van der Waals surface area (Å²) in [6.07, 6.45) is 0. The molecule has 0 radical (unpaired) electrons. The molecule has 164 valence electrons. The number of benzene rings is 2. The maximum atomic E-state index is 13.0. The molecule has 0 fully saturated rings. The van der Waals surface area contributed by atoms with Crippen molar-refractivity contribution in [3.8, 4) is 23.0 Å². The van der Waals surface area contributed by atoms with E-state index in [0.717, 1.165) is 0 Å². The van der Waals surface area contributed by atoms with E-state index in [-0.39, 0.29) is 52.4 Å². The Morgan fingerprint density at radius 3 is 2.20 bits per heavy atom. The lowest BCUT2D eigenvalue weighted by molar-refractivity contribution is 0.0697. The predicted molar refractivity (Wildman–Crippen MR) is 108 cm³/mol. The molecule has 0 aliphatic carbocycles. The second-order valence-corrected chi connectivity index (χ2v) is 7.47. The summed E-state index contributed by atoms with van der Waals surface area (Å²) in [6.45, 7) is 0.418. The van der Waals surface area contributed by atoms with Crippen LogP contribution in [0.3, 0.4) is 0 Å². The lowest BCUT2D eigenvalue weighted by atomic mass is 10.1. The van der Waals surface area contributed by atoms with E-state index in [2.05, 4.69) is 4.72 Å². The first kappa shape index (κ1) is 23.1. The minimum atomic E-state index is -4.25. The summed E-state index contributed by atoms with van der Waals surface area (Å²) < 4.78 is 54.1. The largest absolute Gasteiger partial charge is 0.497 e. The van der Waals surface area contributed by atoms with E-state index in [1.54, 1.807) is 0 Å². The van der Waals surface area contributed by atoms with E-state index in [4.69, 9.17) is 23.7 Å². The maximum absolute atomic E-state index is 13.0. The highest BCUT2D eigenvalue weighted by molar-refractivity contribution is 7.92. The van der Waals surface area contributed by atoms with Gasteiger partial charge in [-0.1, -0.05) is 0 Å². The lowest BCUT2D eigenvalue weighted by Gasteiger charge is -2.17. The van der Waals surface area contributed by atoms with Gasteiger partial charge in [0, 0.05) is 25.3 Å². The molecule has 11 heteroatoms. The summed E-state index contributed by atoms with van der Waals surface area (Å²) >= 11 is 0. The van der Waals surface area contributed by atoms with Gasteiger partial charge in [0.25, 0.3) is 10.0 Å². The summed E-state index contributed by atoms with van der Waals surface area (Å²) in [5.41, 5.74) is -0.531. The third-order valence-electron chi connectivity index (χ3n) is 3.98. The quantitative estimate of drug-likeness (QED) is 0.504. The van der Waals surface area contributed by atoms with Gasteiger partial charge >= 0.3 is 5.97 Å². The van der Waals surface area contributed by atoms with Crippen LogP contribution in [-0.2, 0) is 14.8 Å². The zero-order chi connectivity index (χ0) is 22.3. The van der Waals surface area contributed by atoms with E-state index in [0.29, 0.717) is 0 Å². The van der Waals surface area contributed by atoms with Crippen molar-refractivity contribution in [3.05, 3.63) is 35.9 Å². The Hall–Kier alpha value is -3.18. The Morgan fingerprint density at radius 1 is 0.933 bits per heavy atom. The van der Waals surface area contributed by atoms with Gasteiger partial charge in [-0.05, 0) is 12.1 Å². The SMILES string of the molecule is COCCOc1cc(NS(=O)(=O)c2cc(OC)ccc2OC)c(C(=O)O)cc1OC. The summed E-state index contributed by atoms with van der Waals surface area (Å²) in [4.78, 5) is 11.5. The van der Waals surface area contributed by atoms with Crippen molar-refractivity contribution in [1.29, 1.82) is 0 Å². The third kappa shape index (κ3) is 5.24. The summed E-state index contributed by atoms with van der Waals surface area (Å²) in [5.74, 6) is -0.731. The first-order valence-corrected chi connectivity index (χ1v) is 10.1. The second-order valence-electron chi connectivity index (χ2n) is 5.82. The summed E-state index contributed by atoms with van der Waals surface area (Å²) in [6, 6.07) is 6.64. The van der Waals surface area contributed by atoms with E-state index in [9.17, 15) is 18.3 Å². The average Bonchev–Trinajstić information content (AvgIpc) is 2.73. The number of hydrogen-bond donors (Lipinski definition) is 2. The van der Waals surface area contributed by atoms with Gasteiger partial charge < -0.3 is 28.8 Å².